The molecule has 0 aromatic heterocycles. The number of nitrogens with zero attached hydrogens (tertiary/aromatic N) is 1. The Balaban J connectivity index is 1.91. The van der Waals surface area contributed by atoms with Gasteiger partial charge in [-0.1, -0.05) is 31.3 Å². The number of likely N-dealkylation sites (tertiary alicyclic amines) is 1. The summed E-state index contributed by atoms with van der Waals surface area (Å²) in [7, 11) is 0. The molecule has 4 heteroatoms. The molecule has 2 rings (SSSR count). The summed E-state index contributed by atoms with van der Waals surface area (Å²) in [5.74, 6) is 0. The zero-order valence-electron chi connectivity index (χ0n) is 10.7. The number of rotatable bonds is 3. The van der Waals surface area contributed by atoms with Gasteiger partial charge in [0.1, 0.15) is 0 Å². The quantitative estimate of drug-likeness (QED) is 0.651. The summed E-state index contributed by atoms with van der Waals surface area (Å²) in [6.07, 6.45) is 2.15. The lowest BCUT2D eigenvalue weighted by Crippen LogP contribution is -2.44. The van der Waals surface area contributed by atoms with E-state index in [0.717, 1.165) is 32.5 Å². The average molecular weight is 374 g/mol. The first-order chi connectivity index (χ1) is 8.49. The van der Waals surface area contributed by atoms with E-state index in [9.17, 15) is 0 Å². The Hall–Kier alpha value is -0.200. The van der Waals surface area contributed by atoms with Crippen molar-refractivity contribution in [1.82, 2.24) is 4.90 Å². The van der Waals surface area contributed by atoms with Crippen LogP contribution in [0, 0.1) is 8.99 Å². The number of hydrogen-bond acceptors (Lipinski definition) is 2. The predicted octanol–water partition coefficient (Wildman–Crippen LogP) is 3.18. The number of piperidine rings is 1. The van der Waals surface area contributed by atoms with E-state index >= 15 is 0 Å². The van der Waals surface area contributed by atoms with Gasteiger partial charge in [-0.15, -0.1) is 0 Å². The Bertz CT molecular complexity index is 422. The van der Waals surface area contributed by atoms with E-state index in [1.165, 1.54) is 9.13 Å². The molecule has 2 nitrogen and oxygen atoms in total. The van der Waals surface area contributed by atoms with Gasteiger partial charge in [-0.3, -0.25) is 4.90 Å². The SMILES string of the molecule is CC1(C(N)=S)CCN(Cc2ccc(I)cc2)CC1. The third-order valence-electron chi connectivity index (χ3n) is 3.87. The van der Waals surface area contributed by atoms with Crippen molar-refractivity contribution in [2.24, 2.45) is 11.1 Å². The van der Waals surface area contributed by atoms with Crippen molar-refractivity contribution in [3.63, 3.8) is 0 Å². The first-order valence-electron chi connectivity index (χ1n) is 6.26. The minimum absolute atomic E-state index is 0.0674. The van der Waals surface area contributed by atoms with Crippen LogP contribution < -0.4 is 5.73 Å². The van der Waals surface area contributed by atoms with Crippen molar-refractivity contribution in [2.75, 3.05) is 13.1 Å². The molecule has 98 valence electrons. The molecule has 1 aromatic carbocycles. The van der Waals surface area contributed by atoms with E-state index in [1.807, 2.05) is 0 Å². The molecule has 0 amide bonds. The first kappa shape index (κ1) is 14.2. The molecular formula is C14H19IN2S. The van der Waals surface area contributed by atoms with E-state index in [0.29, 0.717) is 4.99 Å². The van der Waals surface area contributed by atoms with E-state index in [4.69, 9.17) is 18.0 Å². The van der Waals surface area contributed by atoms with Crippen LogP contribution in [0.1, 0.15) is 25.3 Å². The van der Waals surface area contributed by atoms with Gasteiger partial charge in [0.25, 0.3) is 0 Å². The summed E-state index contributed by atoms with van der Waals surface area (Å²) >= 11 is 7.51. The molecule has 0 aliphatic carbocycles. The smallest absolute Gasteiger partial charge is 0.0788 e. The summed E-state index contributed by atoms with van der Waals surface area (Å²) in [4.78, 5) is 3.17. The molecule has 2 N–H and O–H groups in total. The van der Waals surface area contributed by atoms with Crippen LogP contribution >= 0.6 is 34.8 Å². The minimum Gasteiger partial charge on any atom is -0.393 e. The van der Waals surface area contributed by atoms with E-state index < -0.39 is 0 Å². The highest BCUT2D eigenvalue weighted by Gasteiger charge is 2.32. The molecule has 0 saturated carbocycles. The van der Waals surface area contributed by atoms with Gasteiger partial charge >= 0.3 is 0 Å². The maximum absolute atomic E-state index is 5.83. The van der Waals surface area contributed by atoms with Gasteiger partial charge in [0.15, 0.2) is 0 Å². The third kappa shape index (κ3) is 3.42. The zero-order chi connectivity index (χ0) is 13.2. The molecule has 0 spiro atoms. The normalized spacial score (nSPS) is 19.7. The van der Waals surface area contributed by atoms with Gasteiger partial charge in [0, 0.05) is 15.5 Å². The van der Waals surface area contributed by atoms with Crippen LogP contribution in [0.15, 0.2) is 24.3 Å². The number of benzene rings is 1. The predicted molar refractivity (Wildman–Crippen MR) is 88.6 cm³/mol. The Labute approximate surface area is 128 Å². The van der Waals surface area contributed by atoms with Crippen LogP contribution in [0.5, 0.6) is 0 Å². The standard InChI is InChI=1S/C14H19IN2S/c1-14(13(16)18)6-8-17(9-7-14)10-11-2-4-12(15)5-3-11/h2-5H,6-10H2,1H3,(H2,16,18). The van der Waals surface area contributed by atoms with Crippen molar-refractivity contribution in [3.05, 3.63) is 33.4 Å². The average Bonchev–Trinajstić information content (AvgIpc) is 2.35. The topological polar surface area (TPSA) is 29.3 Å². The minimum atomic E-state index is 0.0674. The second kappa shape index (κ2) is 5.84. The van der Waals surface area contributed by atoms with Gasteiger partial charge in [-0.2, -0.15) is 0 Å². The highest BCUT2D eigenvalue weighted by molar-refractivity contribution is 14.1. The van der Waals surface area contributed by atoms with Gasteiger partial charge in [-0.05, 0) is 66.2 Å². The molecule has 18 heavy (non-hydrogen) atoms. The van der Waals surface area contributed by atoms with Gasteiger partial charge in [0.05, 0.1) is 4.99 Å². The van der Waals surface area contributed by atoms with Crippen molar-refractivity contribution in [2.45, 2.75) is 26.3 Å². The van der Waals surface area contributed by atoms with Crippen molar-refractivity contribution in [3.8, 4) is 0 Å². The molecule has 1 saturated heterocycles. The summed E-state index contributed by atoms with van der Waals surface area (Å²) in [5.41, 5.74) is 7.28. The van der Waals surface area contributed by atoms with Gasteiger partial charge in [0.2, 0.25) is 0 Å². The lowest BCUT2D eigenvalue weighted by molar-refractivity contribution is 0.158. The molecule has 1 aliphatic rings. The molecule has 0 radical (unpaired) electrons. The van der Waals surface area contributed by atoms with Crippen molar-refractivity contribution in [1.29, 1.82) is 0 Å². The fourth-order valence-corrected chi connectivity index (χ4v) is 2.86. The molecule has 0 unspecified atom stereocenters. The Morgan fingerprint density at radius 3 is 2.39 bits per heavy atom. The Morgan fingerprint density at radius 1 is 1.33 bits per heavy atom. The molecule has 0 atom stereocenters. The number of thiocarbonyl (C=S) groups is 1. The monoisotopic (exact) mass is 374 g/mol. The summed E-state index contributed by atoms with van der Waals surface area (Å²) in [6.45, 7) is 5.39. The second-order valence-electron chi connectivity index (χ2n) is 5.33. The highest BCUT2D eigenvalue weighted by Crippen LogP contribution is 2.31. The van der Waals surface area contributed by atoms with Crippen LogP contribution in [-0.4, -0.2) is 23.0 Å². The maximum Gasteiger partial charge on any atom is 0.0788 e. The van der Waals surface area contributed by atoms with E-state index in [-0.39, 0.29) is 5.41 Å². The lowest BCUT2D eigenvalue weighted by atomic mass is 9.80. The Morgan fingerprint density at radius 2 is 1.89 bits per heavy atom. The summed E-state index contributed by atoms with van der Waals surface area (Å²) in [5, 5.41) is 0. The van der Waals surface area contributed by atoms with Crippen LogP contribution in [0.2, 0.25) is 0 Å². The summed E-state index contributed by atoms with van der Waals surface area (Å²) < 4.78 is 1.29. The fraction of sp³-hybridized carbons (Fsp3) is 0.500. The highest BCUT2D eigenvalue weighted by atomic mass is 127. The summed E-state index contributed by atoms with van der Waals surface area (Å²) in [6, 6.07) is 8.75. The van der Waals surface area contributed by atoms with Crippen LogP contribution in [0.3, 0.4) is 0 Å². The molecule has 1 fully saturated rings. The van der Waals surface area contributed by atoms with Crippen LogP contribution in [0.25, 0.3) is 0 Å². The maximum atomic E-state index is 5.83. The van der Waals surface area contributed by atoms with Crippen molar-refractivity contribution < 1.29 is 0 Å². The first-order valence-corrected chi connectivity index (χ1v) is 7.75. The van der Waals surface area contributed by atoms with Crippen LogP contribution in [-0.2, 0) is 6.54 Å². The molecule has 1 aromatic rings. The fourth-order valence-electron chi connectivity index (χ4n) is 2.30. The molecular weight excluding hydrogens is 355 g/mol. The number of hydrogen-bond donors (Lipinski definition) is 1. The number of nitrogens with two attached hydrogens (primary N) is 1. The van der Waals surface area contributed by atoms with Crippen molar-refractivity contribution >= 4 is 39.8 Å². The van der Waals surface area contributed by atoms with E-state index in [2.05, 4.69) is 58.7 Å². The van der Waals surface area contributed by atoms with Crippen LogP contribution in [0.4, 0.5) is 0 Å². The van der Waals surface area contributed by atoms with E-state index in [1.54, 1.807) is 0 Å². The third-order valence-corrected chi connectivity index (χ3v) is 5.09. The lowest BCUT2D eigenvalue weighted by Gasteiger charge is -2.38. The van der Waals surface area contributed by atoms with Gasteiger partial charge in [-0.25, -0.2) is 0 Å². The van der Waals surface area contributed by atoms with Gasteiger partial charge < -0.3 is 5.73 Å². The zero-order valence-corrected chi connectivity index (χ0v) is 13.6. The molecule has 1 heterocycles. The molecule has 0 bridgehead atoms. The number of halogens is 1. The second-order valence-corrected chi connectivity index (χ2v) is 7.01. The largest absolute Gasteiger partial charge is 0.393 e. The Kier molecular flexibility index (Phi) is 4.61. The molecule has 1 aliphatic heterocycles.